The normalized spacial score (nSPS) is 16.2. The van der Waals surface area contributed by atoms with Crippen molar-refractivity contribution in [3.05, 3.63) is 64.1 Å². The van der Waals surface area contributed by atoms with Gasteiger partial charge in [0.2, 0.25) is 5.91 Å². The SMILES string of the molecule is Cc1[nH]c2ccccc2c1CC(=O)N1CCC(c2nc(-c3ccc4c(c3)OCCO4)cs2)CC1. The minimum Gasteiger partial charge on any atom is -0.486 e. The first kappa shape index (κ1) is 21.2. The summed E-state index contributed by atoms with van der Waals surface area (Å²) < 4.78 is 11.4. The van der Waals surface area contributed by atoms with E-state index in [-0.39, 0.29) is 5.91 Å². The Morgan fingerprint density at radius 3 is 2.76 bits per heavy atom. The molecule has 2 aliphatic rings. The molecule has 0 saturated carbocycles. The molecule has 2 aromatic carbocycles. The van der Waals surface area contributed by atoms with Gasteiger partial charge in [-0.15, -0.1) is 11.3 Å². The van der Waals surface area contributed by atoms with Gasteiger partial charge in [0.25, 0.3) is 0 Å². The monoisotopic (exact) mass is 473 g/mol. The largest absolute Gasteiger partial charge is 0.486 e. The average Bonchev–Trinajstić information content (AvgIpc) is 3.49. The third-order valence-electron chi connectivity index (χ3n) is 6.91. The van der Waals surface area contributed by atoms with Crippen LogP contribution < -0.4 is 9.47 Å². The molecule has 1 saturated heterocycles. The van der Waals surface area contributed by atoms with Crippen molar-refractivity contribution in [1.29, 1.82) is 0 Å². The van der Waals surface area contributed by atoms with Crippen LogP contribution >= 0.6 is 11.3 Å². The number of ether oxygens (including phenoxy) is 2. The molecule has 0 aliphatic carbocycles. The number of piperidine rings is 1. The number of fused-ring (bicyclic) bond motifs is 2. The predicted octanol–water partition coefficient (Wildman–Crippen LogP) is 5.32. The molecular weight excluding hydrogens is 446 g/mol. The number of H-pyrrole nitrogens is 1. The number of carbonyl (C=O) groups is 1. The molecule has 0 spiro atoms. The Hall–Kier alpha value is -3.32. The van der Waals surface area contributed by atoms with E-state index in [4.69, 9.17) is 14.5 Å². The van der Waals surface area contributed by atoms with E-state index in [2.05, 4.69) is 29.4 Å². The van der Waals surface area contributed by atoms with Crippen LogP contribution in [0.15, 0.2) is 47.8 Å². The zero-order valence-corrected chi connectivity index (χ0v) is 20.0. The zero-order chi connectivity index (χ0) is 23.1. The van der Waals surface area contributed by atoms with Gasteiger partial charge in [0.05, 0.1) is 17.1 Å². The fraction of sp³-hybridized carbons (Fsp3) is 0.333. The van der Waals surface area contributed by atoms with E-state index in [1.54, 1.807) is 11.3 Å². The van der Waals surface area contributed by atoms with Gasteiger partial charge in [0.1, 0.15) is 13.2 Å². The number of amides is 1. The Morgan fingerprint density at radius 1 is 1.12 bits per heavy atom. The van der Waals surface area contributed by atoms with Crippen LogP contribution in [-0.4, -0.2) is 47.1 Å². The van der Waals surface area contributed by atoms with Gasteiger partial charge in [-0.3, -0.25) is 4.79 Å². The van der Waals surface area contributed by atoms with Gasteiger partial charge >= 0.3 is 0 Å². The summed E-state index contributed by atoms with van der Waals surface area (Å²) in [5.74, 6) is 2.19. The van der Waals surface area contributed by atoms with E-state index in [1.165, 1.54) is 0 Å². The lowest BCUT2D eigenvalue weighted by molar-refractivity contribution is -0.131. The van der Waals surface area contributed by atoms with Gasteiger partial charge < -0.3 is 19.4 Å². The first-order chi connectivity index (χ1) is 16.7. The Kier molecular flexibility index (Phi) is 5.49. The summed E-state index contributed by atoms with van der Waals surface area (Å²) in [7, 11) is 0. The fourth-order valence-electron chi connectivity index (χ4n) is 5.01. The highest BCUT2D eigenvalue weighted by Gasteiger charge is 2.27. The first-order valence-corrected chi connectivity index (χ1v) is 12.7. The number of nitrogens with one attached hydrogen (secondary N) is 1. The second kappa shape index (κ2) is 8.80. The van der Waals surface area contributed by atoms with Crippen molar-refractivity contribution in [2.45, 2.75) is 32.1 Å². The number of hydrogen-bond donors (Lipinski definition) is 1. The fourth-order valence-corrected chi connectivity index (χ4v) is 6.01. The number of aryl methyl sites for hydroxylation is 1. The highest BCUT2D eigenvalue weighted by atomic mass is 32.1. The van der Waals surface area contributed by atoms with Crippen molar-refractivity contribution in [1.82, 2.24) is 14.9 Å². The number of nitrogens with zero attached hydrogens (tertiary/aromatic N) is 2. The van der Waals surface area contributed by atoms with Gasteiger partial charge in [0, 0.05) is 46.5 Å². The second-order valence-corrected chi connectivity index (χ2v) is 9.93. The number of thiazole rings is 1. The number of likely N-dealkylation sites (tertiary alicyclic amines) is 1. The second-order valence-electron chi connectivity index (χ2n) is 9.04. The lowest BCUT2D eigenvalue weighted by atomic mass is 9.96. The molecule has 1 amide bonds. The van der Waals surface area contributed by atoms with E-state index in [1.807, 2.05) is 35.2 Å². The molecule has 1 N–H and O–H groups in total. The quantitative estimate of drug-likeness (QED) is 0.436. The summed E-state index contributed by atoms with van der Waals surface area (Å²) in [5, 5.41) is 4.43. The standard InChI is InChI=1S/C27H27N3O3S/c1-17-21(20-4-2-3-5-22(20)28-17)15-26(31)30-10-8-18(9-11-30)27-29-23(16-34-27)19-6-7-24-25(14-19)33-13-12-32-24/h2-7,14,16,18,28H,8-13,15H2,1H3. The van der Waals surface area contributed by atoms with Crippen molar-refractivity contribution in [2.75, 3.05) is 26.3 Å². The predicted molar refractivity (Wildman–Crippen MR) is 134 cm³/mol. The number of rotatable bonds is 4. The van der Waals surface area contributed by atoms with Crippen LogP contribution in [0.25, 0.3) is 22.2 Å². The van der Waals surface area contributed by atoms with Gasteiger partial charge in [-0.1, -0.05) is 18.2 Å². The van der Waals surface area contributed by atoms with E-state index in [0.29, 0.717) is 25.6 Å². The Labute approximate surface area is 202 Å². The van der Waals surface area contributed by atoms with E-state index in [9.17, 15) is 4.79 Å². The molecule has 174 valence electrons. The number of carbonyl (C=O) groups excluding carboxylic acids is 1. The summed E-state index contributed by atoms with van der Waals surface area (Å²) in [6.07, 6.45) is 2.35. The summed E-state index contributed by atoms with van der Waals surface area (Å²) in [6.45, 7) is 4.79. The molecule has 4 heterocycles. The van der Waals surface area contributed by atoms with Crippen LogP contribution in [0, 0.1) is 6.92 Å². The molecular formula is C27H27N3O3S. The van der Waals surface area contributed by atoms with Crippen LogP contribution in [0.5, 0.6) is 11.5 Å². The number of hydrogen-bond acceptors (Lipinski definition) is 5. The molecule has 0 bridgehead atoms. The van der Waals surface area contributed by atoms with Crippen molar-refractivity contribution in [2.24, 2.45) is 0 Å². The van der Waals surface area contributed by atoms with Gasteiger partial charge in [0.15, 0.2) is 11.5 Å². The average molecular weight is 474 g/mol. The van der Waals surface area contributed by atoms with Crippen LogP contribution in [0.3, 0.4) is 0 Å². The van der Waals surface area contributed by atoms with E-state index in [0.717, 1.165) is 75.9 Å². The van der Waals surface area contributed by atoms with Crippen molar-refractivity contribution in [3.63, 3.8) is 0 Å². The third kappa shape index (κ3) is 3.94. The Balaban J connectivity index is 1.10. The molecule has 6 nitrogen and oxygen atoms in total. The number of para-hydroxylation sites is 1. The van der Waals surface area contributed by atoms with Crippen LogP contribution in [0.1, 0.15) is 35.0 Å². The lowest BCUT2D eigenvalue weighted by Crippen LogP contribution is -2.38. The molecule has 4 aromatic rings. The number of benzene rings is 2. The minimum absolute atomic E-state index is 0.211. The molecule has 0 unspecified atom stereocenters. The van der Waals surface area contributed by atoms with Crippen molar-refractivity contribution in [3.8, 4) is 22.8 Å². The molecule has 34 heavy (non-hydrogen) atoms. The number of aromatic nitrogens is 2. The molecule has 6 rings (SSSR count). The van der Waals surface area contributed by atoms with E-state index < -0.39 is 0 Å². The van der Waals surface area contributed by atoms with Crippen LogP contribution in [0.2, 0.25) is 0 Å². The van der Waals surface area contributed by atoms with Gasteiger partial charge in [-0.25, -0.2) is 4.98 Å². The summed E-state index contributed by atoms with van der Waals surface area (Å²) >= 11 is 1.71. The molecule has 0 atom stereocenters. The maximum Gasteiger partial charge on any atom is 0.227 e. The van der Waals surface area contributed by atoms with Gasteiger partial charge in [-0.05, 0) is 49.6 Å². The third-order valence-corrected chi connectivity index (χ3v) is 7.92. The Morgan fingerprint density at radius 2 is 1.91 bits per heavy atom. The number of aromatic amines is 1. The molecule has 0 radical (unpaired) electrons. The topological polar surface area (TPSA) is 67.5 Å². The smallest absolute Gasteiger partial charge is 0.227 e. The highest BCUT2D eigenvalue weighted by molar-refractivity contribution is 7.10. The lowest BCUT2D eigenvalue weighted by Gasteiger charge is -2.31. The zero-order valence-electron chi connectivity index (χ0n) is 19.2. The maximum absolute atomic E-state index is 13.1. The highest BCUT2D eigenvalue weighted by Crippen LogP contribution is 2.37. The molecule has 2 aromatic heterocycles. The first-order valence-electron chi connectivity index (χ1n) is 11.8. The van der Waals surface area contributed by atoms with Crippen LogP contribution in [-0.2, 0) is 11.2 Å². The molecule has 7 heteroatoms. The maximum atomic E-state index is 13.1. The van der Waals surface area contributed by atoms with Gasteiger partial charge in [-0.2, -0.15) is 0 Å². The summed E-state index contributed by atoms with van der Waals surface area (Å²) in [5.41, 5.74) is 5.32. The van der Waals surface area contributed by atoms with Crippen molar-refractivity contribution < 1.29 is 14.3 Å². The van der Waals surface area contributed by atoms with Crippen LogP contribution in [0.4, 0.5) is 0 Å². The molecule has 1 fully saturated rings. The molecule has 2 aliphatic heterocycles. The summed E-state index contributed by atoms with van der Waals surface area (Å²) in [4.78, 5) is 23.5. The Bertz CT molecular complexity index is 1350. The minimum atomic E-state index is 0.211. The van der Waals surface area contributed by atoms with Crippen molar-refractivity contribution >= 4 is 28.1 Å². The summed E-state index contributed by atoms with van der Waals surface area (Å²) in [6, 6.07) is 14.2. The van der Waals surface area contributed by atoms with E-state index >= 15 is 0 Å².